The van der Waals surface area contributed by atoms with Gasteiger partial charge in [0.1, 0.15) is 32.9 Å². The number of hydrogen-bond acceptors (Lipinski definition) is 6. The number of nitrogens with one attached hydrogen (secondary N) is 2. The zero-order chi connectivity index (χ0) is 23.5. The number of benzene rings is 3. The van der Waals surface area contributed by atoms with Crippen molar-refractivity contribution in [1.29, 1.82) is 0 Å². The maximum absolute atomic E-state index is 14.0. The fraction of sp³-hybridized carbons (Fsp3) is 0.100. The molecule has 0 aliphatic heterocycles. The van der Waals surface area contributed by atoms with Gasteiger partial charge in [0.05, 0.1) is 25.6 Å². The van der Waals surface area contributed by atoms with Gasteiger partial charge in [-0.15, -0.1) is 0 Å². The maximum atomic E-state index is 14.0. The molecule has 3 aromatic carbocycles. The molecule has 0 radical (unpaired) electrons. The van der Waals surface area contributed by atoms with Crippen molar-refractivity contribution in [3.05, 3.63) is 72.3 Å². The number of para-hydroxylation sites is 2. The smallest absolute Gasteiger partial charge is 0.265 e. The predicted molar refractivity (Wildman–Crippen MR) is 114 cm³/mol. The maximum Gasteiger partial charge on any atom is 0.265 e. The molecule has 0 fully saturated rings. The number of ether oxygens (including phenoxy) is 2. The van der Waals surface area contributed by atoms with Crippen LogP contribution in [0.5, 0.6) is 11.5 Å². The second kappa shape index (κ2) is 9.01. The van der Waals surface area contributed by atoms with Gasteiger partial charge in [-0.2, -0.15) is 0 Å². The number of rotatable bonds is 8. The summed E-state index contributed by atoms with van der Waals surface area (Å²) in [6.07, 6.45) is 0. The van der Waals surface area contributed by atoms with E-state index in [0.717, 1.165) is 24.3 Å². The molecular formula is C20H18F2N2O6S2. The summed E-state index contributed by atoms with van der Waals surface area (Å²) in [5.41, 5.74) is -0.696. The Morgan fingerprint density at radius 1 is 0.656 bits per heavy atom. The summed E-state index contributed by atoms with van der Waals surface area (Å²) < 4.78 is 94.0. The molecule has 8 nitrogen and oxygen atoms in total. The van der Waals surface area contributed by atoms with Crippen LogP contribution < -0.4 is 18.9 Å². The number of methoxy groups -OCH3 is 2. The molecule has 3 rings (SSSR count). The second-order valence-corrected chi connectivity index (χ2v) is 9.63. The summed E-state index contributed by atoms with van der Waals surface area (Å²) in [6.45, 7) is 0. The van der Waals surface area contributed by atoms with Gasteiger partial charge < -0.3 is 9.47 Å². The van der Waals surface area contributed by atoms with E-state index in [1.807, 2.05) is 0 Å². The van der Waals surface area contributed by atoms with E-state index in [-0.39, 0.29) is 22.9 Å². The van der Waals surface area contributed by atoms with E-state index >= 15 is 0 Å². The Labute approximate surface area is 183 Å². The van der Waals surface area contributed by atoms with Crippen LogP contribution in [0.3, 0.4) is 0 Å². The van der Waals surface area contributed by atoms with Gasteiger partial charge in [-0.3, -0.25) is 9.44 Å². The van der Waals surface area contributed by atoms with Crippen molar-refractivity contribution in [1.82, 2.24) is 0 Å². The minimum Gasteiger partial charge on any atom is -0.495 e. The fourth-order valence-electron chi connectivity index (χ4n) is 2.75. The van der Waals surface area contributed by atoms with Gasteiger partial charge in [-0.1, -0.05) is 24.3 Å². The second-order valence-electron chi connectivity index (χ2n) is 6.32. The lowest BCUT2D eigenvalue weighted by molar-refractivity contribution is 0.379. The molecule has 0 saturated heterocycles. The molecule has 0 aliphatic carbocycles. The predicted octanol–water partition coefficient (Wildman–Crippen LogP) is 3.58. The van der Waals surface area contributed by atoms with Gasteiger partial charge >= 0.3 is 0 Å². The summed E-state index contributed by atoms with van der Waals surface area (Å²) in [5, 5.41) is 0. The van der Waals surface area contributed by atoms with Gasteiger partial charge in [0.25, 0.3) is 20.0 Å². The minimum absolute atomic E-state index is 0.254. The molecule has 0 unspecified atom stereocenters. The highest BCUT2D eigenvalue weighted by Crippen LogP contribution is 2.36. The Hall–Kier alpha value is -3.38. The third-order valence-corrected chi connectivity index (χ3v) is 7.04. The minimum atomic E-state index is -4.50. The summed E-state index contributed by atoms with van der Waals surface area (Å²) in [4.78, 5) is -1.20. The first kappa shape index (κ1) is 23.3. The number of anilines is 2. The normalized spacial score (nSPS) is 11.6. The molecule has 0 atom stereocenters. The van der Waals surface area contributed by atoms with E-state index in [2.05, 4.69) is 9.44 Å². The van der Waals surface area contributed by atoms with Crippen LogP contribution in [0, 0.1) is 11.6 Å². The molecular weight excluding hydrogens is 466 g/mol. The van der Waals surface area contributed by atoms with Crippen LogP contribution in [0.25, 0.3) is 0 Å². The Bertz CT molecular complexity index is 1260. The molecule has 3 aromatic rings. The van der Waals surface area contributed by atoms with E-state index in [0.29, 0.717) is 0 Å². The zero-order valence-electron chi connectivity index (χ0n) is 16.8. The van der Waals surface area contributed by atoms with E-state index in [4.69, 9.17) is 9.47 Å². The van der Waals surface area contributed by atoms with Gasteiger partial charge in [0, 0.05) is 6.07 Å². The van der Waals surface area contributed by atoms with Crippen LogP contribution in [-0.2, 0) is 20.0 Å². The van der Waals surface area contributed by atoms with Crippen LogP contribution in [-0.4, -0.2) is 31.1 Å². The summed E-state index contributed by atoms with van der Waals surface area (Å²) >= 11 is 0. The largest absolute Gasteiger partial charge is 0.495 e. The van der Waals surface area contributed by atoms with Crippen LogP contribution in [0.4, 0.5) is 20.2 Å². The summed E-state index contributed by atoms with van der Waals surface area (Å²) in [6, 6.07) is 11.9. The summed E-state index contributed by atoms with van der Waals surface area (Å²) in [7, 11) is -6.67. The highest BCUT2D eigenvalue weighted by atomic mass is 32.2. The number of halogens is 2. The molecule has 0 aromatic heterocycles. The molecule has 0 spiro atoms. The van der Waals surface area contributed by atoms with Crippen molar-refractivity contribution in [2.45, 2.75) is 9.79 Å². The van der Waals surface area contributed by atoms with Crippen molar-refractivity contribution in [3.63, 3.8) is 0 Å². The average Bonchev–Trinajstić information content (AvgIpc) is 2.75. The van der Waals surface area contributed by atoms with Gasteiger partial charge in [0.2, 0.25) is 0 Å². The van der Waals surface area contributed by atoms with Crippen molar-refractivity contribution in [3.8, 4) is 11.5 Å². The van der Waals surface area contributed by atoms with Gasteiger partial charge in [-0.25, -0.2) is 25.6 Å². The van der Waals surface area contributed by atoms with E-state index in [1.165, 1.54) is 50.6 Å². The first-order valence-corrected chi connectivity index (χ1v) is 11.9. The van der Waals surface area contributed by atoms with E-state index in [9.17, 15) is 25.6 Å². The molecule has 170 valence electrons. The van der Waals surface area contributed by atoms with Gasteiger partial charge in [0.15, 0.2) is 0 Å². The molecule has 0 heterocycles. The van der Waals surface area contributed by atoms with Crippen molar-refractivity contribution in [2.24, 2.45) is 0 Å². The topological polar surface area (TPSA) is 111 Å². The fourth-order valence-corrected chi connectivity index (χ4v) is 5.31. The monoisotopic (exact) mass is 484 g/mol. The van der Waals surface area contributed by atoms with Crippen LogP contribution in [0.2, 0.25) is 0 Å². The van der Waals surface area contributed by atoms with Crippen LogP contribution in [0.15, 0.2) is 70.5 Å². The Morgan fingerprint density at radius 2 is 1.03 bits per heavy atom. The lowest BCUT2D eigenvalue weighted by atomic mass is 10.3. The highest BCUT2D eigenvalue weighted by molar-refractivity contribution is 7.93. The molecule has 32 heavy (non-hydrogen) atoms. The lowest BCUT2D eigenvalue weighted by Crippen LogP contribution is -2.19. The molecule has 2 N–H and O–H groups in total. The van der Waals surface area contributed by atoms with E-state index in [1.54, 1.807) is 0 Å². The lowest BCUT2D eigenvalue weighted by Gasteiger charge is -2.17. The zero-order valence-corrected chi connectivity index (χ0v) is 18.4. The van der Waals surface area contributed by atoms with Crippen LogP contribution >= 0.6 is 0 Å². The third-order valence-electron chi connectivity index (χ3n) is 4.27. The first-order chi connectivity index (χ1) is 15.1. The SMILES string of the molecule is COc1cc(OC)c(S(=O)(=O)Nc2ccccc2F)cc1S(=O)(=O)Nc1ccccc1F. The Kier molecular flexibility index (Phi) is 6.55. The quantitative estimate of drug-likeness (QED) is 0.506. The van der Waals surface area contributed by atoms with Crippen molar-refractivity contribution < 1.29 is 35.1 Å². The van der Waals surface area contributed by atoms with Crippen LogP contribution in [0.1, 0.15) is 0 Å². The highest BCUT2D eigenvalue weighted by Gasteiger charge is 2.29. The molecule has 0 aliphatic rings. The number of sulfonamides is 2. The summed E-state index contributed by atoms with van der Waals surface area (Å²) in [5.74, 6) is -2.18. The third kappa shape index (κ3) is 4.75. The average molecular weight is 485 g/mol. The van der Waals surface area contributed by atoms with Crippen molar-refractivity contribution in [2.75, 3.05) is 23.7 Å². The molecule has 0 bridgehead atoms. The van der Waals surface area contributed by atoms with Gasteiger partial charge in [-0.05, 0) is 30.3 Å². The first-order valence-electron chi connectivity index (χ1n) is 8.90. The molecule has 0 amide bonds. The molecule has 0 saturated carbocycles. The standard InChI is InChI=1S/C20H18F2N2O6S2/c1-29-17-11-18(30-2)20(32(27,28)24-16-10-6-4-8-14(16)22)12-19(17)31(25,26)23-15-9-5-3-7-13(15)21/h3-12,23-24H,1-2H3. The Balaban J connectivity index is 2.13. The van der Waals surface area contributed by atoms with E-state index < -0.39 is 41.5 Å². The molecule has 12 heteroatoms. The number of hydrogen-bond donors (Lipinski definition) is 2. The van der Waals surface area contributed by atoms with Crippen molar-refractivity contribution >= 4 is 31.4 Å². The Morgan fingerprint density at radius 3 is 1.38 bits per heavy atom.